The van der Waals surface area contributed by atoms with Crippen molar-refractivity contribution in [2.45, 2.75) is 75.7 Å². The number of benzene rings is 4. The lowest BCUT2D eigenvalue weighted by molar-refractivity contribution is -0.385. The molecule has 0 aromatic heterocycles. The maximum Gasteiger partial charge on any atom is 0.273 e. The van der Waals surface area contributed by atoms with E-state index in [-0.39, 0.29) is 80.1 Å². The molecule has 0 saturated heterocycles. The SMILES string of the molecule is C=CCO[C@@]12Oc3ccc(Oc4cccc([N+](=O)[O-])c4)cc3[C@H]3[C@H](CCCCO)[C@@H](CCCCO)C=C(C(=NOCc4ccc([N+](=O)[O-])cc4)C[C@@H]1N(C)C(=O)Cc1cccc(OC)c1)[C@H]32. The van der Waals surface area contributed by atoms with Crippen LogP contribution in [-0.2, 0) is 27.4 Å². The monoisotopic (exact) mass is 904 g/mol. The third-order valence-corrected chi connectivity index (χ3v) is 12.8. The van der Waals surface area contributed by atoms with E-state index in [1.54, 1.807) is 55.5 Å². The van der Waals surface area contributed by atoms with Gasteiger partial charge in [0.2, 0.25) is 11.7 Å². The Morgan fingerprint density at radius 1 is 0.894 bits per heavy atom. The smallest absolute Gasteiger partial charge is 0.273 e. The van der Waals surface area contributed by atoms with Crippen molar-refractivity contribution in [2.24, 2.45) is 22.9 Å². The van der Waals surface area contributed by atoms with Crippen LogP contribution in [-0.4, -0.2) is 82.4 Å². The second-order valence-electron chi connectivity index (χ2n) is 16.9. The van der Waals surface area contributed by atoms with Crippen LogP contribution in [0.4, 0.5) is 11.4 Å². The summed E-state index contributed by atoms with van der Waals surface area (Å²) in [7, 11) is 3.31. The molecule has 1 fully saturated rings. The van der Waals surface area contributed by atoms with Crippen LogP contribution in [0.25, 0.3) is 0 Å². The highest BCUT2D eigenvalue weighted by molar-refractivity contribution is 6.03. The molecular weight excluding hydrogens is 849 g/mol. The molecule has 4 aromatic rings. The first kappa shape index (κ1) is 47.3. The maximum absolute atomic E-state index is 14.6. The molecular formula is C50H56N4O12. The van der Waals surface area contributed by atoms with Crippen LogP contribution in [0.5, 0.6) is 23.0 Å². The Hall–Kier alpha value is -6.62. The van der Waals surface area contributed by atoms with E-state index in [1.807, 2.05) is 36.4 Å². The van der Waals surface area contributed by atoms with Crippen molar-refractivity contribution >= 4 is 23.0 Å². The first-order chi connectivity index (χ1) is 32.0. The van der Waals surface area contributed by atoms with E-state index in [2.05, 4.69) is 12.7 Å². The van der Waals surface area contributed by atoms with Gasteiger partial charge >= 0.3 is 0 Å². The predicted octanol–water partition coefficient (Wildman–Crippen LogP) is 8.84. The van der Waals surface area contributed by atoms with E-state index < -0.39 is 27.6 Å². The van der Waals surface area contributed by atoms with Crippen LogP contribution in [0.3, 0.4) is 0 Å². The second-order valence-corrected chi connectivity index (χ2v) is 16.9. The number of allylic oxidation sites excluding steroid dienone is 1. The van der Waals surface area contributed by atoms with Gasteiger partial charge < -0.3 is 38.9 Å². The van der Waals surface area contributed by atoms with Crippen molar-refractivity contribution in [1.29, 1.82) is 0 Å². The Balaban J connectivity index is 1.40. The number of methoxy groups -OCH3 is 1. The van der Waals surface area contributed by atoms with Crippen molar-refractivity contribution < 1.29 is 48.6 Å². The summed E-state index contributed by atoms with van der Waals surface area (Å²) in [4.78, 5) is 44.5. The van der Waals surface area contributed by atoms with Crippen molar-refractivity contribution in [3.05, 3.63) is 152 Å². The molecule has 0 unspecified atom stereocenters. The highest BCUT2D eigenvalue weighted by Gasteiger charge is 2.65. The van der Waals surface area contributed by atoms with E-state index in [4.69, 9.17) is 28.9 Å². The van der Waals surface area contributed by atoms with Gasteiger partial charge in [0.1, 0.15) is 35.6 Å². The summed E-state index contributed by atoms with van der Waals surface area (Å²) in [6, 6.07) is 24.0. The molecule has 1 saturated carbocycles. The third-order valence-electron chi connectivity index (χ3n) is 12.8. The number of unbranched alkanes of at least 4 members (excludes halogenated alkanes) is 2. The number of nitro benzene ring substituents is 2. The number of likely N-dealkylation sites (N-methyl/N-ethyl adjacent to an activating group) is 1. The quantitative estimate of drug-likeness (QED) is 0.0328. The molecule has 1 aliphatic heterocycles. The molecule has 4 aromatic carbocycles. The number of hydrogen-bond donors (Lipinski definition) is 2. The first-order valence-corrected chi connectivity index (χ1v) is 22.2. The third kappa shape index (κ3) is 10.4. The number of rotatable bonds is 22. The number of non-ortho nitro benzene ring substituents is 2. The van der Waals surface area contributed by atoms with Gasteiger partial charge in [0.25, 0.3) is 11.4 Å². The minimum Gasteiger partial charge on any atom is -0.497 e. The average Bonchev–Trinajstić information content (AvgIpc) is 3.32. The first-order valence-electron chi connectivity index (χ1n) is 22.2. The van der Waals surface area contributed by atoms with Gasteiger partial charge in [-0.3, -0.25) is 25.0 Å². The number of carbonyl (C=O) groups is 1. The lowest BCUT2D eigenvalue weighted by atomic mass is 9.55. The standard InChI is InChI=1S/C50H56N4O12/c1-4-25-63-50-46(52(2)47(57)27-34-11-9-14-38(26-34)62-3)31-44(51-64-32-33-17-19-36(20-18-33)53(58)59)42-28-35(12-5-7-23-55)41(16-6-8-24-56)48(49(42)50)43-30-40(21-22-45(43)66-50)65-39-15-10-13-37(29-39)54(60)61/h4,9-11,13-15,17-22,26,28-30,35,41,46,48-49,55-56H,1,5-8,12,16,23-25,27,31-32H2,2-3H3/t35-,41+,46-,48+,49+,50+/m0/s1. The fourth-order valence-electron chi connectivity index (χ4n) is 9.74. The van der Waals surface area contributed by atoms with Gasteiger partial charge in [-0.15, -0.1) is 6.58 Å². The number of oxime groups is 1. The van der Waals surface area contributed by atoms with E-state index in [0.29, 0.717) is 54.2 Å². The Bertz CT molecular complexity index is 2440. The molecule has 0 bridgehead atoms. The normalized spacial score (nSPS) is 22.2. The molecule has 16 heteroatoms. The topological polar surface area (TPSA) is 206 Å². The Morgan fingerprint density at radius 2 is 1.61 bits per heavy atom. The molecule has 2 N–H and O–H groups in total. The number of nitro groups is 2. The predicted molar refractivity (Wildman–Crippen MR) is 245 cm³/mol. The van der Waals surface area contributed by atoms with Gasteiger partial charge in [0, 0.05) is 56.4 Å². The second kappa shape index (κ2) is 21.6. The number of fused-ring (bicyclic) bond motifs is 2. The van der Waals surface area contributed by atoms with E-state index in [0.717, 1.165) is 29.5 Å². The summed E-state index contributed by atoms with van der Waals surface area (Å²) in [5.41, 5.74) is 3.46. The number of nitrogens with zero attached hydrogens (tertiary/aromatic N) is 4. The summed E-state index contributed by atoms with van der Waals surface area (Å²) >= 11 is 0. The molecule has 66 heavy (non-hydrogen) atoms. The van der Waals surface area contributed by atoms with E-state index in [1.165, 1.54) is 24.3 Å². The summed E-state index contributed by atoms with van der Waals surface area (Å²) in [6.07, 6.45) is 8.17. The lowest BCUT2D eigenvalue weighted by Crippen LogP contribution is -2.69. The van der Waals surface area contributed by atoms with Crippen LogP contribution >= 0.6 is 0 Å². The molecule has 7 rings (SSSR count). The minimum absolute atomic E-state index is 0.0116. The zero-order valence-corrected chi connectivity index (χ0v) is 37.2. The van der Waals surface area contributed by atoms with Gasteiger partial charge in [-0.2, -0.15) is 0 Å². The van der Waals surface area contributed by atoms with Crippen LogP contribution in [0.15, 0.2) is 120 Å². The Morgan fingerprint density at radius 3 is 2.32 bits per heavy atom. The molecule has 0 spiro atoms. The van der Waals surface area contributed by atoms with Crippen molar-refractivity contribution in [2.75, 3.05) is 34.0 Å². The molecule has 1 amide bonds. The van der Waals surface area contributed by atoms with Crippen molar-refractivity contribution in [3.8, 4) is 23.0 Å². The molecule has 0 radical (unpaired) electrons. The number of aliphatic hydroxyl groups is 2. The van der Waals surface area contributed by atoms with Gasteiger partial charge in [0.15, 0.2) is 0 Å². The molecule has 16 nitrogen and oxygen atoms in total. The summed E-state index contributed by atoms with van der Waals surface area (Å²) in [5.74, 6) is -0.922. The van der Waals surface area contributed by atoms with E-state index >= 15 is 0 Å². The van der Waals surface area contributed by atoms with Crippen molar-refractivity contribution in [3.63, 3.8) is 0 Å². The van der Waals surface area contributed by atoms with Gasteiger partial charge in [0.05, 0.1) is 47.7 Å². The summed E-state index contributed by atoms with van der Waals surface area (Å²) in [5, 5.41) is 47.7. The fourth-order valence-corrected chi connectivity index (χ4v) is 9.74. The molecule has 6 atom stereocenters. The minimum atomic E-state index is -1.50. The molecule has 2 aliphatic carbocycles. The van der Waals surface area contributed by atoms with E-state index in [9.17, 15) is 35.2 Å². The van der Waals surface area contributed by atoms with Crippen LogP contribution in [0.1, 0.15) is 67.6 Å². The Kier molecular flexibility index (Phi) is 15.5. The fraction of sp³-hybridized carbons (Fsp3) is 0.400. The van der Waals surface area contributed by atoms with Crippen LogP contribution in [0, 0.1) is 38.0 Å². The Labute approximate surface area is 383 Å². The summed E-state index contributed by atoms with van der Waals surface area (Å²) in [6.45, 7) is 4.14. The largest absolute Gasteiger partial charge is 0.497 e. The number of hydrogen-bond acceptors (Lipinski definition) is 13. The highest BCUT2D eigenvalue weighted by Crippen LogP contribution is 2.62. The molecule has 3 aliphatic rings. The molecule has 1 heterocycles. The molecule has 348 valence electrons. The number of aliphatic hydroxyl groups excluding tert-OH is 2. The van der Waals surface area contributed by atoms with Gasteiger partial charge in [-0.25, -0.2) is 0 Å². The zero-order valence-electron chi connectivity index (χ0n) is 37.2. The number of ether oxygens (including phenoxy) is 4. The van der Waals surface area contributed by atoms with Gasteiger partial charge in [-0.1, -0.05) is 48.3 Å². The van der Waals surface area contributed by atoms with Crippen LogP contribution in [0.2, 0.25) is 0 Å². The number of carbonyl (C=O) groups excluding carboxylic acids is 1. The zero-order chi connectivity index (χ0) is 46.8. The summed E-state index contributed by atoms with van der Waals surface area (Å²) < 4.78 is 26.0. The van der Waals surface area contributed by atoms with Crippen molar-refractivity contribution in [1.82, 2.24) is 4.90 Å². The lowest BCUT2D eigenvalue weighted by Gasteiger charge is -2.59. The van der Waals surface area contributed by atoms with Crippen LogP contribution < -0.4 is 14.2 Å². The maximum atomic E-state index is 14.6. The number of amides is 1. The highest BCUT2D eigenvalue weighted by atomic mass is 16.7. The van der Waals surface area contributed by atoms with Gasteiger partial charge in [-0.05, 0) is 103 Å². The average molecular weight is 905 g/mol.